The van der Waals surface area contributed by atoms with Gasteiger partial charge in [-0.15, -0.1) is 0 Å². The third-order valence-electron chi connectivity index (χ3n) is 3.62. The lowest BCUT2D eigenvalue weighted by atomic mass is 10.1. The van der Waals surface area contributed by atoms with Gasteiger partial charge in [0, 0.05) is 10.5 Å². The predicted octanol–water partition coefficient (Wildman–Crippen LogP) is 4.09. The zero-order valence-electron chi connectivity index (χ0n) is 12.9. The highest BCUT2D eigenvalue weighted by Crippen LogP contribution is 2.17. The van der Waals surface area contributed by atoms with Gasteiger partial charge < -0.3 is 9.72 Å². The third-order valence-corrected chi connectivity index (χ3v) is 3.85. The molecule has 0 aliphatic heterocycles. The first-order chi connectivity index (χ1) is 11.6. The highest BCUT2D eigenvalue weighted by Gasteiger charge is 2.09. The van der Waals surface area contributed by atoms with Crippen molar-refractivity contribution in [3.05, 3.63) is 81.1 Å². The smallest absolute Gasteiger partial charge is 0.259 e. The number of carbonyl (C=O) groups excluding carboxylic acids is 1. The van der Waals surface area contributed by atoms with Gasteiger partial charge >= 0.3 is 0 Å². The van der Waals surface area contributed by atoms with Crippen molar-refractivity contribution < 1.29 is 9.53 Å². The minimum atomic E-state index is -0.436. The van der Waals surface area contributed by atoms with Gasteiger partial charge in [-0.05, 0) is 47.4 Å². The molecule has 1 aromatic heterocycles. The van der Waals surface area contributed by atoms with E-state index >= 15 is 0 Å². The number of H-pyrrole nitrogens is 1. The summed E-state index contributed by atoms with van der Waals surface area (Å²) < 4.78 is 5.08. The number of carbonyl (C=O) groups is 1. The van der Waals surface area contributed by atoms with E-state index in [1.165, 1.54) is 6.08 Å². The number of ether oxygens (including phenoxy) is 1. The Labute approximate surface area is 143 Å². The van der Waals surface area contributed by atoms with Gasteiger partial charge in [0.15, 0.2) is 5.78 Å². The average Bonchev–Trinajstić information content (AvgIpc) is 2.59. The zero-order valence-corrected chi connectivity index (χ0v) is 13.6. The van der Waals surface area contributed by atoms with Crippen LogP contribution < -0.4 is 10.3 Å². The van der Waals surface area contributed by atoms with Crippen LogP contribution in [-0.2, 0) is 0 Å². The lowest BCUT2D eigenvalue weighted by Crippen LogP contribution is -2.16. The van der Waals surface area contributed by atoms with Crippen LogP contribution >= 0.6 is 11.6 Å². The van der Waals surface area contributed by atoms with E-state index in [0.717, 1.165) is 16.7 Å². The van der Waals surface area contributed by atoms with Crippen LogP contribution in [0, 0.1) is 0 Å². The van der Waals surface area contributed by atoms with Crippen molar-refractivity contribution in [3.8, 4) is 5.75 Å². The molecule has 0 saturated carbocycles. The predicted molar refractivity (Wildman–Crippen MR) is 95.9 cm³/mol. The van der Waals surface area contributed by atoms with E-state index < -0.39 is 5.56 Å². The second kappa shape index (κ2) is 6.72. The number of rotatable bonds is 4. The number of hydrogen-bond acceptors (Lipinski definition) is 3. The molecule has 0 spiro atoms. The minimum absolute atomic E-state index is 0.0922. The van der Waals surface area contributed by atoms with E-state index in [1.807, 2.05) is 12.1 Å². The van der Waals surface area contributed by atoms with Crippen LogP contribution in [0.1, 0.15) is 15.9 Å². The summed E-state index contributed by atoms with van der Waals surface area (Å²) in [5.41, 5.74) is 1.10. The first kappa shape index (κ1) is 16.0. The van der Waals surface area contributed by atoms with E-state index in [9.17, 15) is 9.59 Å². The molecule has 1 N–H and O–H groups in total. The quantitative estimate of drug-likeness (QED) is 0.575. The lowest BCUT2D eigenvalue weighted by molar-refractivity contribution is 0.104. The Bertz CT molecular complexity index is 988. The molecule has 0 saturated heterocycles. The molecule has 0 unspecified atom stereocenters. The SMILES string of the molecule is COc1ccc(/C=C\C(=O)c2cc3ccc(Cl)cc3[nH]c2=O)cc1. The monoisotopic (exact) mass is 339 g/mol. The second-order valence-electron chi connectivity index (χ2n) is 5.21. The maximum atomic E-state index is 12.3. The number of nitrogens with one attached hydrogen (secondary N) is 1. The van der Waals surface area contributed by atoms with Gasteiger partial charge in [0.25, 0.3) is 5.56 Å². The summed E-state index contributed by atoms with van der Waals surface area (Å²) in [6.45, 7) is 0. The molecule has 0 aliphatic rings. The molecule has 5 heteroatoms. The number of aromatic nitrogens is 1. The molecular weight excluding hydrogens is 326 g/mol. The summed E-state index contributed by atoms with van der Waals surface area (Å²) in [6.07, 6.45) is 3.04. The fourth-order valence-corrected chi connectivity index (χ4v) is 2.51. The summed E-state index contributed by atoms with van der Waals surface area (Å²) in [4.78, 5) is 27.1. The maximum absolute atomic E-state index is 12.3. The molecule has 0 aliphatic carbocycles. The third kappa shape index (κ3) is 3.39. The Kier molecular flexibility index (Phi) is 4.49. The van der Waals surface area contributed by atoms with Gasteiger partial charge in [-0.1, -0.05) is 35.9 Å². The molecule has 0 fully saturated rings. The standard InChI is InChI=1S/C19H14ClNO3/c1-24-15-7-2-12(3-8-15)4-9-18(22)16-10-13-5-6-14(20)11-17(13)21-19(16)23/h2-11H,1H3,(H,21,23)/b9-4-. The molecule has 0 amide bonds. The van der Waals surface area contributed by atoms with Crippen molar-refractivity contribution in [2.75, 3.05) is 7.11 Å². The largest absolute Gasteiger partial charge is 0.497 e. The molecule has 3 rings (SSSR count). The number of allylic oxidation sites excluding steroid dienone is 1. The van der Waals surface area contributed by atoms with E-state index in [2.05, 4.69) is 4.98 Å². The molecule has 120 valence electrons. The van der Waals surface area contributed by atoms with Gasteiger partial charge in [0.1, 0.15) is 5.75 Å². The summed E-state index contributed by atoms with van der Waals surface area (Å²) in [6, 6.07) is 14.0. The average molecular weight is 340 g/mol. The number of benzene rings is 2. The van der Waals surface area contributed by atoms with Gasteiger partial charge in [0.2, 0.25) is 0 Å². The lowest BCUT2D eigenvalue weighted by Gasteiger charge is -2.01. The number of pyridine rings is 1. The van der Waals surface area contributed by atoms with Crippen LogP contribution in [-0.4, -0.2) is 17.9 Å². The maximum Gasteiger partial charge on any atom is 0.259 e. The molecular formula is C19H14ClNO3. The van der Waals surface area contributed by atoms with E-state index in [4.69, 9.17) is 16.3 Å². The van der Waals surface area contributed by atoms with Crippen molar-refractivity contribution in [1.29, 1.82) is 0 Å². The van der Waals surface area contributed by atoms with Gasteiger partial charge in [-0.3, -0.25) is 9.59 Å². The number of methoxy groups -OCH3 is 1. The van der Waals surface area contributed by atoms with Gasteiger partial charge in [0.05, 0.1) is 12.7 Å². The van der Waals surface area contributed by atoms with Crippen molar-refractivity contribution >= 4 is 34.4 Å². The van der Waals surface area contributed by atoms with Crippen LogP contribution in [0.3, 0.4) is 0 Å². The first-order valence-corrected chi connectivity index (χ1v) is 7.64. The molecule has 0 radical (unpaired) electrons. The first-order valence-electron chi connectivity index (χ1n) is 7.26. The Morgan fingerprint density at radius 3 is 2.58 bits per heavy atom. The summed E-state index contributed by atoms with van der Waals surface area (Å²) in [5, 5.41) is 1.27. The van der Waals surface area contributed by atoms with E-state index in [-0.39, 0.29) is 11.3 Å². The highest BCUT2D eigenvalue weighted by molar-refractivity contribution is 6.31. The van der Waals surface area contributed by atoms with E-state index in [0.29, 0.717) is 10.5 Å². The van der Waals surface area contributed by atoms with Crippen LogP contribution in [0.5, 0.6) is 5.75 Å². The number of ketones is 1. The van der Waals surface area contributed by atoms with Crippen LogP contribution in [0.15, 0.2) is 59.4 Å². The topological polar surface area (TPSA) is 59.2 Å². The van der Waals surface area contributed by atoms with Crippen LogP contribution in [0.25, 0.3) is 17.0 Å². The molecule has 24 heavy (non-hydrogen) atoms. The summed E-state index contributed by atoms with van der Waals surface area (Å²) >= 11 is 5.90. The summed E-state index contributed by atoms with van der Waals surface area (Å²) in [5.74, 6) is 0.382. The normalized spacial score (nSPS) is 11.1. The fourth-order valence-electron chi connectivity index (χ4n) is 2.33. The van der Waals surface area contributed by atoms with Gasteiger partial charge in [-0.2, -0.15) is 0 Å². The minimum Gasteiger partial charge on any atom is -0.497 e. The fraction of sp³-hybridized carbons (Fsp3) is 0.0526. The Hall–Kier alpha value is -2.85. The molecule has 3 aromatic rings. The van der Waals surface area contributed by atoms with Crippen molar-refractivity contribution in [2.24, 2.45) is 0 Å². The molecule has 0 bridgehead atoms. The molecule has 1 heterocycles. The number of hydrogen-bond donors (Lipinski definition) is 1. The Morgan fingerprint density at radius 1 is 1.12 bits per heavy atom. The number of fused-ring (bicyclic) bond motifs is 1. The van der Waals surface area contributed by atoms with Gasteiger partial charge in [-0.25, -0.2) is 0 Å². The Balaban J connectivity index is 1.90. The van der Waals surface area contributed by atoms with Crippen molar-refractivity contribution in [2.45, 2.75) is 0 Å². The number of aromatic amines is 1. The second-order valence-corrected chi connectivity index (χ2v) is 5.65. The van der Waals surface area contributed by atoms with Crippen molar-refractivity contribution in [3.63, 3.8) is 0 Å². The zero-order chi connectivity index (χ0) is 17.1. The summed E-state index contributed by atoms with van der Waals surface area (Å²) in [7, 11) is 1.59. The van der Waals surface area contributed by atoms with Crippen LogP contribution in [0.2, 0.25) is 5.02 Å². The van der Waals surface area contributed by atoms with E-state index in [1.54, 1.807) is 49.6 Å². The van der Waals surface area contributed by atoms with Crippen molar-refractivity contribution in [1.82, 2.24) is 4.98 Å². The molecule has 2 aromatic carbocycles. The van der Waals surface area contributed by atoms with Crippen LogP contribution in [0.4, 0.5) is 0 Å². The molecule has 4 nitrogen and oxygen atoms in total. The highest BCUT2D eigenvalue weighted by atomic mass is 35.5. The number of halogens is 1. The Morgan fingerprint density at radius 2 is 1.88 bits per heavy atom. The molecule has 0 atom stereocenters.